The Labute approximate surface area is 92.1 Å². The number of phenolic OH excluding ortho intramolecular Hbond substituents is 1. The third-order valence-corrected chi connectivity index (χ3v) is 2.34. The molecule has 0 aliphatic carbocycles. The van der Waals surface area contributed by atoms with Gasteiger partial charge in [-0.2, -0.15) is 5.10 Å². The molecule has 0 aliphatic heterocycles. The Morgan fingerprint density at radius 2 is 2.31 bits per heavy atom. The lowest BCUT2D eigenvalue weighted by atomic mass is 10.1. The molecule has 4 nitrogen and oxygen atoms in total. The van der Waals surface area contributed by atoms with E-state index in [1.165, 1.54) is 18.2 Å². The van der Waals surface area contributed by atoms with E-state index in [-0.39, 0.29) is 17.6 Å². The molecule has 5 heteroatoms. The number of aromatic hydroxyl groups is 1. The van der Waals surface area contributed by atoms with Crippen molar-refractivity contribution in [1.82, 2.24) is 10.2 Å². The summed E-state index contributed by atoms with van der Waals surface area (Å²) in [4.78, 5) is 0. The molecule has 0 fully saturated rings. The molecule has 0 amide bonds. The van der Waals surface area contributed by atoms with Crippen LogP contribution in [0, 0.1) is 5.82 Å². The molecule has 0 bridgehead atoms. The zero-order chi connectivity index (χ0) is 11.5. The first kappa shape index (κ1) is 10.5. The third kappa shape index (κ3) is 2.13. The van der Waals surface area contributed by atoms with Crippen LogP contribution in [0.3, 0.4) is 0 Å². The van der Waals surface area contributed by atoms with E-state index < -0.39 is 0 Å². The second-order valence-corrected chi connectivity index (χ2v) is 3.56. The standard InChI is InChI=1S/C11H12FN3O/c1-7(15-9-5-13-14-6-9)10-4-8(12)2-3-11(10)16/h2-7,15-16H,1H3,(H,13,14). The molecule has 0 aliphatic rings. The lowest BCUT2D eigenvalue weighted by Gasteiger charge is -2.15. The summed E-state index contributed by atoms with van der Waals surface area (Å²) in [5, 5.41) is 19.1. The van der Waals surface area contributed by atoms with Gasteiger partial charge in [-0.1, -0.05) is 0 Å². The average Bonchev–Trinajstić information content (AvgIpc) is 2.74. The van der Waals surface area contributed by atoms with Gasteiger partial charge in [0.15, 0.2) is 0 Å². The largest absolute Gasteiger partial charge is 0.508 e. The zero-order valence-corrected chi connectivity index (χ0v) is 8.74. The van der Waals surface area contributed by atoms with Gasteiger partial charge in [-0.15, -0.1) is 0 Å². The van der Waals surface area contributed by atoms with Crippen LogP contribution < -0.4 is 5.32 Å². The number of hydrogen-bond acceptors (Lipinski definition) is 3. The third-order valence-electron chi connectivity index (χ3n) is 2.34. The number of aromatic nitrogens is 2. The molecular weight excluding hydrogens is 209 g/mol. The van der Waals surface area contributed by atoms with Crippen LogP contribution in [0.25, 0.3) is 0 Å². The van der Waals surface area contributed by atoms with Crippen LogP contribution in [-0.4, -0.2) is 15.3 Å². The molecule has 0 saturated heterocycles. The lowest BCUT2D eigenvalue weighted by Crippen LogP contribution is -2.06. The van der Waals surface area contributed by atoms with Gasteiger partial charge in [-0.25, -0.2) is 4.39 Å². The van der Waals surface area contributed by atoms with E-state index in [0.29, 0.717) is 5.56 Å². The van der Waals surface area contributed by atoms with Crippen molar-refractivity contribution >= 4 is 5.69 Å². The maximum atomic E-state index is 13.0. The van der Waals surface area contributed by atoms with Crippen molar-refractivity contribution < 1.29 is 9.50 Å². The lowest BCUT2D eigenvalue weighted by molar-refractivity contribution is 0.462. The van der Waals surface area contributed by atoms with Crippen LogP contribution in [0.4, 0.5) is 10.1 Å². The summed E-state index contributed by atoms with van der Waals surface area (Å²) in [6, 6.07) is 3.68. The Balaban J connectivity index is 2.20. The summed E-state index contributed by atoms with van der Waals surface area (Å²) in [5.74, 6) is -0.293. The molecule has 0 spiro atoms. The van der Waals surface area contributed by atoms with E-state index in [4.69, 9.17) is 0 Å². The molecule has 3 N–H and O–H groups in total. The maximum absolute atomic E-state index is 13.0. The summed E-state index contributed by atoms with van der Waals surface area (Å²) >= 11 is 0. The van der Waals surface area contributed by atoms with Gasteiger partial charge in [0, 0.05) is 11.8 Å². The van der Waals surface area contributed by atoms with Crippen LogP contribution in [0.2, 0.25) is 0 Å². The van der Waals surface area contributed by atoms with Crippen LogP contribution in [-0.2, 0) is 0 Å². The molecule has 1 unspecified atom stereocenters. The summed E-state index contributed by atoms with van der Waals surface area (Å²) in [6.45, 7) is 1.83. The Bertz CT molecular complexity index is 470. The molecule has 16 heavy (non-hydrogen) atoms. The summed E-state index contributed by atoms with van der Waals surface area (Å²) in [7, 11) is 0. The van der Waals surface area contributed by atoms with Gasteiger partial charge < -0.3 is 10.4 Å². The monoisotopic (exact) mass is 221 g/mol. The highest BCUT2D eigenvalue weighted by Crippen LogP contribution is 2.27. The van der Waals surface area contributed by atoms with Crippen LogP contribution in [0.5, 0.6) is 5.75 Å². The fraction of sp³-hybridized carbons (Fsp3) is 0.182. The molecule has 2 rings (SSSR count). The molecule has 1 atom stereocenters. The zero-order valence-electron chi connectivity index (χ0n) is 8.74. The predicted molar refractivity (Wildman–Crippen MR) is 58.7 cm³/mol. The molecular formula is C11H12FN3O. The number of phenols is 1. The van der Waals surface area contributed by atoms with Crippen LogP contribution in [0.1, 0.15) is 18.5 Å². The highest BCUT2D eigenvalue weighted by Gasteiger charge is 2.11. The van der Waals surface area contributed by atoms with Gasteiger partial charge in [0.1, 0.15) is 11.6 Å². The second-order valence-electron chi connectivity index (χ2n) is 3.56. The number of aromatic amines is 1. The fourth-order valence-electron chi connectivity index (χ4n) is 1.53. The van der Waals surface area contributed by atoms with Crippen molar-refractivity contribution in [3.63, 3.8) is 0 Å². The minimum Gasteiger partial charge on any atom is -0.508 e. The number of rotatable bonds is 3. The van der Waals surface area contributed by atoms with Gasteiger partial charge in [0.25, 0.3) is 0 Å². The maximum Gasteiger partial charge on any atom is 0.123 e. The number of benzene rings is 1. The highest BCUT2D eigenvalue weighted by molar-refractivity contribution is 5.44. The van der Waals surface area contributed by atoms with E-state index in [1.807, 2.05) is 6.92 Å². The fourth-order valence-corrected chi connectivity index (χ4v) is 1.53. The minimum absolute atomic E-state index is 0.0740. The summed E-state index contributed by atoms with van der Waals surface area (Å²) in [6.07, 6.45) is 3.31. The number of hydrogen-bond donors (Lipinski definition) is 3. The predicted octanol–water partition coefficient (Wildman–Crippen LogP) is 2.43. The smallest absolute Gasteiger partial charge is 0.123 e. The summed E-state index contributed by atoms with van der Waals surface area (Å²) in [5.41, 5.74) is 1.30. The number of halogens is 1. The molecule has 2 aromatic rings. The minimum atomic E-state index is -0.367. The number of anilines is 1. The summed E-state index contributed by atoms with van der Waals surface area (Å²) < 4.78 is 13.0. The Morgan fingerprint density at radius 1 is 1.50 bits per heavy atom. The van der Waals surface area contributed by atoms with E-state index in [9.17, 15) is 9.50 Å². The molecule has 1 aromatic heterocycles. The van der Waals surface area contributed by atoms with Crippen molar-refractivity contribution in [2.24, 2.45) is 0 Å². The molecule has 1 heterocycles. The molecule has 1 aromatic carbocycles. The van der Waals surface area contributed by atoms with Crippen molar-refractivity contribution in [2.75, 3.05) is 5.32 Å². The highest BCUT2D eigenvalue weighted by atomic mass is 19.1. The van der Waals surface area contributed by atoms with Crippen molar-refractivity contribution in [3.05, 3.63) is 42.0 Å². The van der Waals surface area contributed by atoms with Gasteiger partial charge in [0.05, 0.1) is 17.9 Å². The Kier molecular flexibility index (Phi) is 2.76. The van der Waals surface area contributed by atoms with E-state index in [0.717, 1.165) is 5.69 Å². The first-order chi connectivity index (χ1) is 7.66. The normalized spacial score (nSPS) is 12.4. The Hall–Kier alpha value is -2.04. The number of H-pyrrole nitrogens is 1. The van der Waals surface area contributed by atoms with Crippen molar-refractivity contribution in [1.29, 1.82) is 0 Å². The van der Waals surface area contributed by atoms with Crippen LogP contribution in [0.15, 0.2) is 30.6 Å². The SMILES string of the molecule is CC(Nc1cn[nH]c1)c1cc(F)ccc1O. The number of nitrogens with zero attached hydrogens (tertiary/aromatic N) is 1. The van der Waals surface area contributed by atoms with E-state index in [2.05, 4.69) is 15.5 Å². The average molecular weight is 221 g/mol. The van der Waals surface area contributed by atoms with Crippen LogP contribution >= 0.6 is 0 Å². The Morgan fingerprint density at radius 3 is 3.00 bits per heavy atom. The molecule has 0 radical (unpaired) electrons. The van der Waals surface area contributed by atoms with Crippen molar-refractivity contribution in [3.8, 4) is 5.75 Å². The van der Waals surface area contributed by atoms with E-state index >= 15 is 0 Å². The second kappa shape index (κ2) is 4.22. The topological polar surface area (TPSA) is 60.9 Å². The number of nitrogens with one attached hydrogen (secondary N) is 2. The van der Waals surface area contributed by atoms with E-state index in [1.54, 1.807) is 12.4 Å². The van der Waals surface area contributed by atoms with Gasteiger partial charge in [-0.05, 0) is 25.1 Å². The van der Waals surface area contributed by atoms with Gasteiger partial charge in [-0.3, -0.25) is 5.10 Å². The molecule has 0 saturated carbocycles. The first-order valence-electron chi connectivity index (χ1n) is 4.90. The van der Waals surface area contributed by atoms with Gasteiger partial charge >= 0.3 is 0 Å². The first-order valence-corrected chi connectivity index (χ1v) is 4.90. The molecule has 84 valence electrons. The van der Waals surface area contributed by atoms with Gasteiger partial charge in [0.2, 0.25) is 0 Å². The quantitative estimate of drug-likeness (QED) is 0.746. The van der Waals surface area contributed by atoms with Crippen molar-refractivity contribution in [2.45, 2.75) is 13.0 Å².